The van der Waals surface area contributed by atoms with Gasteiger partial charge in [-0.3, -0.25) is 0 Å². The summed E-state index contributed by atoms with van der Waals surface area (Å²) in [5, 5.41) is 3.23. The maximum Gasteiger partial charge on any atom is 0.000967 e. The van der Waals surface area contributed by atoms with Crippen molar-refractivity contribution in [1.82, 2.24) is 10.2 Å². The van der Waals surface area contributed by atoms with Crippen LogP contribution < -0.4 is 5.32 Å². The van der Waals surface area contributed by atoms with Crippen LogP contribution in [-0.4, -0.2) is 38.1 Å². The van der Waals surface area contributed by atoms with Crippen molar-refractivity contribution in [2.45, 2.75) is 39.0 Å². The predicted molar refractivity (Wildman–Crippen MR) is 62.6 cm³/mol. The minimum atomic E-state index is 0.976. The van der Waals surface area contributed by atoms with Crippen LogP contribution in [-0.2, 0) is 0 Å². The van der Waals surface area contributed by atoms with Gasteiger partial charge in [0.2, 0.25) is 0 Å². The molecule has 0 aromatic rings. The Morgan fingerprint density at radius 2 is 2.29 bits per heavy atom. The molecule has 1 unspecified atom stereocenters. The van der Waals surface area contributed by atoms with Gasteiger partial charge in [-0.05, 0) is 64.7 Å². The van der Waals surface area contributed by atoms with E-state index in [0.29, 0.717) is 0 Å². The molecule has 2 nitrogen and oxygen atoms in total. The van der Waals surface area contributed by atoms with Crippen LogP contribution in [0, 0.1) is 5.92 Å². The van der Waals surface area contributed by atoms with Gasteiger partial charge in [0.05, 0.1) is 0 Å². The highest BCUT2D eigenvalue weighted by Gasteiger charge is 2.18. The van der Waals surface area contributed by atoms with Crippen molar-refractivity contribution >= 4 is 0 Å². The molecular weight excluding hydrogens is 172 g/mol. The van der Waals surface area contributed by atoms with Gasteiger partial charge in [-0.2, -0.15) is 0 Å². The highest BCUT2D eigenvalue weighted by molar-refractivity contribution is 4.72. The topological polar surface area (TPSA) is 15.3 Å². The maximum atomic E-state index is 3.23. The zero-order chi connectivity index (χ0) is 10.2. The number of hydrogen-bond acceptors (Lipinski definition) is 2. The van der Waals surface area contributed by atoms with Gasteiger partial charge in [0.1, 0.15) is 0 Å². The molecule has 1 atom stereocenters. The summed E-state index contributed by atoms with van der Waals surface area (Å²) in [6.45, 7) is 7.48. The summed E-state index contributed by atoms with van der Waals surface area (Å²) in [7, 11) is 2.05. The quantitative estimate of drug-likeness (QED) is 0.658. The van der Waals surface area contributed by atoms with E-state index < -0.39 is 0 Å². The van der Waals surface area contributed by atoms with Gasteiger partial charge in [0.25, 0.3) is 0 Å². The standard InChI is InChI=1S/C12H26N2/c1-3-9-14-10-5-7-12(11-14)6-4-8-13-2/h12-13H,3-11H2,1-2H3. The number of likely N-dealkylation sites (tertiary alicyclic amines) is 1. The molecule has 0 spiro atoms. The molecule has 1 fully saturated rings. The van der Waals surface area contributed by atoms with E-state index in [9.17, 15) is 0 Å². The lowest BCUT2D eigenvalue weighted by atomic mass is 9.93. The first-order valence-electron chi connectivity index (χ1n) is 6.23. The average molecular weight is 198 g/mol. The second kappa shape index (κ2) is 7.24. The highest BCUT2D eigenvalue weighted by atomic mass is 15.1. The monoisotopic (exact) mass is 198 g/mol. The molecule has 0 amide bonds. The van der Waals surface area contributed by atoms with Crippen molar-refractivity contribution in [2.24, 2.45) is 5.92 Å². The van der Waals surface area contributed by atoms with E-state index in [0.717, 1.165) is 5.92 Å². The van der Waals surface area contributed by atoms with E-state index in [1.54, 1.807) is 0 Å². The molecule has 1 heterocycles. The number of nitrogens with zero attached hydrogens (tertiary/aromatic N) is 1. The minimum Gasteiger partial charge on any atom is -0.320 e. The van der Waals surface area contributed by atoms with E-state index >= 15 is 0 Å². The third-order valence-electron chi connectivity index (χ3n) is 3.18. The van der Waals surface area contributed by atoms with Crippen molar-refractivity contribution in [3.63, 3.8) is 0 Å². The largest absolute Gasteiger partial charge is 0.320 e. The van der Waals surface area contributed by atoms with E-state index in [-0.39, 0.29) is 0 Å². The summed E-state index contributed by atoms with van der Waals surface area (Å²) < 4.78 is 0. The molecule has 0 aromatic heterocycles. The Bertz CT molecular complexity index is 134. The highest BCUT2D eigenvalue weighted by Crippen LogP contribution is 2.20. The van der Waals surface area contributed by atoms with Gasteiger partial charge >= 0.3 is 0 Å². The fraction of sp³-hybridized carbons (Fsp3) is 1.00. The molecule has 1 N–H and O–H groups in total. The van der Waals surface area contributed by atoms with E-state index in [1.165, 1.54) is 58.3 Å². The van der Waals surface area contributed by atoms with Crippen molar-refractivity contribution in [2.75, 3.05) is 33.2 Å². The van der Waals surface area contributed by atoms with Gasteiger partial charge in [-0.15, -0.1) is 0 Å². The fourth-order valence-electron chi connectivity index (χ4n) is 2.47. The first-order valence-corrected chi connectivity index (χ1v) is 6.23. The Morgan fingerprint density at radius 3 is 3.00 bits per heavy atom. The van der Waals surface area contributed by atoms with Crippen molar-refractivity contribution in [3.05, 3.63) is 0 Å². The smallest absolute Gasteiger partial charge is 0.000967 e. The first kappa shape index (κ1) is 12.0. The molecule has 1 rings (SSSR count). The molecule has 1 aliphatic heterocycles. The second-order valence-corrected chi connectivity index (χ2v) is 4.55. The van der Waals surface area contributed by atoms with Crippen LogP contribution in [0.25, 0.3) is 0 Å². The normalized spacial score (nSPS) is 24.0. The minimum absolute atomic E-state index is 0.976. The maximum absolute atomic E-state index is 3.23. The Kier molecular flexibility index (Phi) is 6.20. The SMILES string of the molecule is CCCN1CCCC(CCCNC)C1. The van der Waals surface area contributed by atoms with Crippen LogP contribution in [0.15, 0.2) is 0 Å². The van der Waals surface area contributed by atoms with Crippen molar-refractivity contribution in [3.8, 4) is 0 Å². The third kappa shape index (κ3) is 4.43. The average Bonchev–Trinajstić information content (AvgIpc) is 2.19. The predicted octanol–water partition coefficient (Wildman–Crippen LogP) is 2.11. The van der Waals surface area contributed by atoms with Crippen molar-refractivity contribution in [1.29, 1.82) is 0 Å². The number of hydrogen-bond donors (Lipinski definition) is 1. The third-order valence-corrected chi connectivity index (χ3v) is 3.18. The number of rotatable bonds is 6. The zero-order valence-corrected chi connectivity index (χ0v) is 9.89. The molecule has 2 heteroatoms. The van der Waals surface area contributed by atoms with Crippen LogP contribution in [0.3, 0.4) is 0 Å². The summed E-state index contributed by atoms with van der Waals surface area (Å²) in [6.07, 6.45) is 6.96. The second-order valence-electron chi connectivity index (χ2n) is 4.55. The Morgan fingerprint density at radius 1 is 1.43 bits per heavy atom. The van der Waals surface area contributed by atoms with Crippen LogP contribution in [0.2, 0.25) is 0 Å². The first-order chi connectivity index (χ1) is 6.86. The van der Waals surface area contributed by atoms with Crippen LogP contribution >= 0.6 is 0 Å². The molecule has 1 saturated heterocycles. The molecule has 0 aromatic carbocycles. The Labute approximate surface area is 89.1 Å². The summed E-state index contributed by atoms with van der Waals surface area (Å²) in [5.41, 5.74) is 0. The molecule has 1 aliphatic rings. The lowest BCUT2D eigenvalue weighted by Crippen LogP contribution is -2.36. The van der Waals surface area contributed by atoms with Gasteiger partial charge in [0, 0.05) is 6.54 Å². The molecule has 84 valence electrons. The molecule has 0 bridgehead atoms. The van der Waals surface area contributed by atoms with E-state index in [4.69, 9.17) is 0 Å². The Hall–Kier alpha value is -0.0800. The summed E-state index contributed by atoms with van der Waals surface area (Å²) in [4.78, 5) is 2.65. The van der Waals surface area contributed by atoms with Gasteiger partial charge < -0.3 is 10.2 Å². The lowest BCUT2D eigenvalue weighted by molar-refractivity contribution is 0.167. The van der Waals surface area contributed by atoms with Gasteiger partial charge in [0.15, 0.2) is 0 Å². The van der Waals surface area contributed by atoms with Gasteiger partial charge in [-0.1, -0.05) is 6.92 Å². The molecule has 0 aliphatic carbocycles. The molecule has 14 heavy (non-hydrogen) atoms. The summed E-state index contributed by atoms with van der Waals surface area (Å²) in [6, 6.07) is 0. The molecular formula is C12H26N2. The van der Waals surface area contributed by atoms with E-state index in [1.807, 2.05) is 7.05 Å². The molecule has 0 saturated carbocycles. The van der Waals surface area contributed by atoms with E-state index in [2.05, 4.69) is 17.1 Å². The zero-order valence-electron chi connectivity index (χ0n) is 9.89. The summed E-state index contributed by atoms with van der Waals surface area (Å²) >= 11 is 0. The van der Waals surface area contributed by atoms with Gasteiger partial charge in [-0.25, -0.2) is 0 Å². The van der Waals surface area contributed by atoms with Crippen molar-refractivity contribution < 1.29 is 0 Å². The lowest BCUT2D eigenvalue weighted by Gasteiger charge is -2.32. The Balaban J connectivity index is 2.12. The number of nitrogens with one attached hydrogen (secondary N) is 1. The number of piperidine rings is 1. The fourth-order valence-corrected chi connectivity index (χ4v) is 2.47. The van der Waals surface area contributed by atoms with Crippen LogP contribution in [0.5, 0.6) is 0 Å². The van der Waals surface area contributed by atoms with Crippen LogP contribution in [0.1, 0.15) is 39.0 Å². The van der Waals surface area contributed by atoms with Crippen LogP contribution in [0.4, 0.5) is 0 Å². The summed E-state index contributed by atoms with van der Waals surface area (Å²) in [5.74, 6) is 0.976. The molecule has 0 radical (unpaired) electrons.